The molecule has 1 N–H and O–H groups in total. The first-order chi connectivity index (χ1) is 8.70. The van der Waals surface area contributed by atoms with Crippen LogP contribution >= 0.6 is 0 Å². The summed E-state index contributed by atoms with van der Waals surface area (Å²) in [5, 5.41) is 11.5. The molecule has 94 valence electrons. The summed E-state index contributed by atoms with van der Waals surface area (Å²) >= 11 is 0. The van der Waals surface area contributed by atoms with Crippen LogP contribution in [0.15, 0.2) is 18.2 Å². The maximum atomic E-state index is 13.9. The third-order valence-electron chi connectivity index (χ3n) is 3.00. The molecule has 1 aromatic carbocycles. The molecular weight excluding hydrogens is 233 g/mol. The Balaban J connectivity index is 2.09. The summed E-state index contributed by atoms with van der Waals surface area (Å²) in [6, 6.07) is 6.65. The Morgan fingerprint density at radius 2 is 2.28 bits per heavy atom. The van der Waals surface area contributed by atoms with Crippen LogP contribution in [0.1, 0.15) is 17.5 Å². The van der Waals surface area contributed by atoms with Gasteiger partial charge in [-0.25, -0.2) is 4.39 Å². The van der Waals surface area contributed by atoms with Gasteiger partial charge < -0.3 is 5.32 Å². The van der Waals surface area contributed by atoms with E-state index in [4.69, 9.17) is 5.26 Å². The highest BCUT2D eigenvalue weighted by Crippen LogP contribution is 2.14. The molecule has 0 spiro atoms. The molecule has 2 rings (SSSR count). The van der Waals surface area contributed by atoms with Crippen LogP contribution in [0.4, 0.5) is 4.39 Å². The fraction of sp³-hybridized carbons (Fsp3) is 0.385. The van der Waals surface area contributed by atoms with Gasteiger partial charge in [0, 0.05) is 38.2 Å². The van der Waals surface area contributed by atoms with E-state index in [1.54, 1.807) is 12.1 Å². The first-order valence-electron chi connectivity index (χ1n) is 5.87. The van der Waals surface area contributed by atoms with Crippen LogP contribution in [-0.4, -0.2) is 30.4 Å². The van der Waals surface area contributed by atoms with E-state index in [0.29, 0.717) is 38.2 Å². The minimum absolute atomic E-state index is 0.0312. The third kappa shape index (κ3) is 2.84. The Labute approximate surface area is 105 Å². The van der Waals surface area contributed by atoms with Crippen molar-refractivity contribution in [3.05, 3.63) is 35.1 Å². The van der Waals surface area contributed by atoms with E-state index in [0.717, 1.165) is 0 Å². The number of nitriles is 1. The molecule has 4 nitrogen and oxygen atoms in total. The lowest BCUT2D eigenvalue weighted by Crippen LogP contribution is -2.28. The molecule has 1 amide bonds. The molecule has 0 bridgehead atoms. The number of amides is 1. The monoisotopic (exact) mass is 247 g/mol. The van der Waals surface area contributed by atoms with Gasteiger partial charge in [-0.15, -0.1) is 0 Å². The standard InChI is InChI=1S/C13H14FN3O/c14-13-10(8-15)2-1-3-11(13)9-17-6-4-12(18)16-5-7-17/h1-3H,4-7,9H2,(H,16,18). The topological polar surface area (TPSA) is 56.1 Å². The number of carbonyl (C=O) groups excluding carboxylic acids is 1. The molecule has 1 aliphatic heterocycles. The second-order valence-corrected chi connectivity index (χ2v) is 4.27. The molecule has 1 aromatic rings. The lowest BCUT2D eigenvalue weighted by atomic mass is 10.1. The summed E-state index contributed by atoms with van der Waals surface area (Å²) in [5.41, 5.74) is 0.569. The van der Waals surface area contributed by atoms with Gasteiger partial charge in [0.2, 0.25) is 5.91 Å². The summed E-state index contributed by atoms with van der Waals surface area (Å²) in [7, 11) is 0. The number of carbonyl (C=O) groups is 1. The molecule has 0 radical (unpaired) electrons. The number of benzene rings is 1. The van der Waals surface area contributed by atoms with Crippen molar-refractivity contribution in [2.45, 2.75) is 13.0 Å². The van der Waals surface area contributed by atoms with Gasteiger partial charge in [-0.05, 0) is 6.07 Å². The van der Waals surface area contributed by atoms with Gasteiger partial charge in [0.15, 0.2) is 0 Å². The molecule has 1 aliphatic rings. The van der Waals surface area contributed by atoms with Crippen molar-refractivity contribution in [1.82, 2.24) is 10.2 Å². The molecule has 0 aliphatic carbocycles. The smallest absolute Gasteiger partial charge is 0.221 e. The highest BCUT2D eigenvalue weighted by atomic mass is 19.1. The van der Waals surface area contributed by atoms with E-state index in [-0.39, 0.29) is 11.5 Å². The highest BCUT2D eigenvalue weighted by molar-refractivity contribution is 5.76. The zero-order valence-corrected chi connectivity index (χ0v) is 9.95. The number of nitrogens with zero attached hydrogens (tertiary/aromatic N) is 2. The van der Waals surface area contributed by atoms with Crippen LogP contribution in [0.3, 0.4) is 0 Å². The molecule has 0 saturated carbocycles. The average molecular weight is 247 g/mol. The predicted octanol–water partition coefficient (Wildman–Crippen LogP) is 1.02. The Kier molecular flexibility index (Phi) is 3.90. The number of nitrogens with one attached hydrogen (secondary N) is 1. The fourth-order valence-corrected chi connectivity index (χ4v) is 2.00. The molecule has 1 heterocycles. The molecule has 5 heteroatoms. The quantitative estimate of drug-likeness (QED) is 0.849. The summed E-state index contributed by atoms with van der Waals surface area (Å²) in [6.07, 6.45) is 0.430. The SMILES string of the molecule is N#Cc1cccc(CN2CCNC(=O)CC2)c1F. The molecule has 1 fully saturated rings. The zero-order chi connectivity index (χ0) is 13.0. The molecule has 1 saturated heterocycles. The van der Waals surface area contributed by atoms with Crippen molar-refractivity contribution in [1.29, 1.82) is 5.26 Å². The van der Waals surface area contributed by atoms with Crippen LogP contribution in [0, 0.1) is 17.1 Å². The van der Waals surface area contributed by atoms with Crippen LogP contribution in [0.2, 0.25) is 0 Å². The molecule has 0 unspecified atom stereocenters. The maximum Gasteiger partial charge on any atom is 0.221 e. The van der Waals surface area contributed by atoms with Crippen molar-refractivity contribution in [2.75, 3.05) is 19.6 Å². The van der Waals surface area contributed by atoms with Crippen LogP contribution < -0.4 is 5.32 Å². The number of hydrogen-bond acceptors (Lipinski definition) is 3. The number of hydrogen-bond donors (Lipinski definition) is 1. The van der Waals surface area contributed by atoms with Crippen molar-refractivity contribution in [3.8, 4) is 6.07 Å². The van der Waals surface area contributed by atoms with Crippen molar-refractivity contribution < 1.29 is 9.18 Å². The van der Waals surface area contributed by atoms with Gasteiger partial charge in [0.05, 0.1) is 5.56 Å². The van der Waals surface area contributed by atoms with Crippen molar-refractivity contribution in [2.24, 2.45) is 0 Å². The van der Waals surface area contributed by atoms with E-state index in [9.17, 15) is 9.18 Å². The number of halogens is 1. The molecule has 18 heavy (non-hydrogen) atoms. The lowest BCUT2D eigenvalue weighted by molar-refractivity contribution is -0.120. The average Bonchev–Trinajstić information content (AvgIpc) is 2.57. The molecular formula is C13H14FN3O. The minimum Gasteiger partial charge on any atom is -0.355 e. The minimum atomic E-state index is -0.455. The van der Waals surface area contributed by atoms with E-state index in [1.165, 1.54) is 6.07 Å². The van der Waals surface area contributed by atoms with Crippen LogP contribution in [0.25, 0.3) is 0 Å². The Bertz CT molecular complexity index is 495. The lowest BCUT2D eigenvalue weighted by Gasteiger charge is -2.19. The molecule has 0 atom stereocenters. The Morgan fingerprint density at radius 1 is 1.44 bits per heavy atom. The van der Waals surface area contributed by atoms with E-state index < -0.39 is 5.82 Å². The van der Waals surface area contributed by atoms with Crippen LogP contribution in [0.5, 0.6) is 0 Å². The normalized spacial score (nSPS) is 16.8. The second-order valence-electron chi connectivity index (χ2n) is 4.27. The Morgan fingerprint density at radius 3 is 3.06 bits per heavy atom. The number of rotatable bonds is 2. The zero-order valence-electron chi connectivity index (χ0n) is 9.95. The summed E-state index contributed by atoms with van der Waals surface area (Å²) in [5.74, 6) is -0.424. The van der Waals surface area contributed by atoms with Crippen molar-refractivity contribution in [3.63, 3.8) is 0 Å². The van der Waals surface area contributed by atoms with Crippen LogP contribution in [-0.2, 0) is 11.3 Å². The van der Waals surface area contributed by atoms with E-state index in [1.807, 2.05) is 11.0 Å². The van der Waals surface area contributed by atoms with Crippen molar-refractivity contribution >= 4 is 5.91 Å². The Hall–Kier alpha value is -1.93. The van der Waals surface area contributed by atoms with Gasteiger partial charge in [-0.3, -0.25) is 9.69 Å². The van der Waals surface area contributed by atoms with Gasteiger partial charge in [-0.2, -0.15) is 5.26 Å². The van der Waals surface area contributed by atoms with Gasteiger partial charge >= 0.3 is 0 Å². The van der Waals surface area contributed by atoms with E-state index >= 15 is 0 Å². The second kappa shape index (κ2) is 5.61. The highest BCUT2D eigenvalue weighted by Gasteiger charge is 2.16. The van der Waals surface area contributed by atoms with Gasteiger partial charge in [-0.1, -0.05) is 12.1 Å². The van der Waals surface area contributed by atoms with Gasteiger partial charge in [0.25, 0.3) is 0 Å². The summed E-state index contributed by atoms with van der Waals surface area (Å²) < 4.78 is 13.9. The predicted molar refractivity (Wildman–Crippen MR) is 64.0 cm³/mol. The summed E-state index contributed by atoms with van der Waals surface area (Å²) in [4.78, 5) is 13.2. The maximum absolute atomic E-state index is 13.9. The molecule has 0 aromatic heterocycles. The largest absolute Gasteiger partial charge is 0.355 e. The van der Waals surface area contributed by atoms with E-state index in [2.05, 4.69) is 5.32 Å². The summed E-state index contributed by atoms with van der Waals surface area (Å²) in [6.45, 7) is 2.32. The first-order valence-corrected chi connectivity index (χ1v) is 5.87. The first kappa shape index (κ1) is 12.5. The van der Waals surface area contributed by atoms with Gasteiger partial charge in [0.1, 0.15) is 11.9 Å². The third-order valence-corrected chi connectivity index (χ3v) is 3.00. The fourth-order valence-electron chi connectivity index (χ4n) is 2.00.